The molecule has 2 aliphatic heterocycles. The summed E-state index contributed by atoms with van der Waals surface area (Å²) in [5.41, 5.74) is 6.23. The quantitative estimate of drug-likeness (QED) is 0.435. The summed E-state index contributed by atoms with van der Waals surface area (Å²) >= 11 is 0. The van der Waals surface area contributed by atoms with E-state index in [0.717, 1.165) is 39.8 Å². The van der Waals surface area contributed by atoms with Crippen LogP contribution in [0.15, 0.2) is 6.07 Å². The standard InChI is InChI=1S/C30H38FNO6/c1-9-36-28(33)27(38-30(6,7)8)25-16(3)21-14-32(29(34)35)18(5)23(21)17(4)24(25)20-13-22(31)26-19(15(20)2)11-10-12-37-26/h13,18,27H,9-12,14H2,1-8H3,(H,34,35). The van der Waals surface area contributed by atoms with E-state index in [-0.39, 0.29) is 18.9 Å². The highest BCUT2D eigenvalue weighted by Gasteiger charge is 2.40. The van der Waals surface area contributed by atoms with Gasteiger partial charge in [-0.25, -0.2) is 14.0 Å². The van der Waals surface area contributed by atoms with Gasteiger partial charge >= 0.3 is 12.1 Å². The van der Waals surface area contributed by atoms with Gasteiger partial charge in [-0.3, -0.25) is 4.90 Å². The highest BCUT2D eigenvalue weighted by Crippen LogP contribution is 2.49. The number of carboxylic acid groups (broad SMARTS) is 1. The molecule has 1 amide bonds. The van der Waals surface area contributed by atoms with Gasteiger partial charge in [0.1, 0.15) is 0 Å². The third-order valence-corrected chi connectivity index (χ3v) is 7.63. The molecule has 2 heterocycles. The number of fused-ring (bicyclic) bond motifs is 2. The molecular formula is C30H38FNO6. The number of carbonyl (C=O) groups is 2. The molecule has 1 N–H and O–H groups in total. The van der Waals surface area contributed by atoms with Crippen LogP contribution in [-0.4, -0.2) is 40.9 Å². The highest BCUT2D eigenvalue weighted by molar-refractivity contribution is 5.87. The Morgan fingerprint density at radius 2 is 1.87 bits per heavy atom. The molecule has 2 unspecified atom stereocenters. The Hall–Kier alpha value is -3.13. The minimum Gasteiger partial charge on any atom is -0.490 e. The minimum atomic E-state index is -1.09. The smallest absolute Gasteiger partial charge is 0.408 e. The van der Waals surface area contributed by atoms with Crippen molar-refractivity contribution in [3.8, 4) is 16.9 Å². The van der Waals surface area contributed by atoms with Crippen LogP contribution >= 0.6 is 0 Å². The number of amides is 1. The van der Waals surface area contributed by atoms with Gasteiger partial charge in [0.05, 0.1) is 31.4 Å². The van der Waals surface area contributed by atoms with Crippen LogP contribution in [0.3, 0.4) is 0 Å². The molecule has 2 aliphatic rings. The van der Waals surface area contributed by atoms with Gasteiger partial charge < -0.3 is 19.3 Å². The summed E-state index contributed by atoms with van der Waals surface area (Å²) in [6, 6.07) is 1.08. The molecule has 0 aromatic heterocycles. The van der Waals surface area contributed by atoms with Crippen LogP contribution in [0.25, 0.3) is 11.1 Å². The molecule has 0 saturated heterocycles. The topological polar surface area (TPSA) is 85.3 Å². The number of esters is 1. The van der Waals surface area contributed by atoms with Crippen molar-refractivity contribution in [1.82, 2.24) is 4.90 Å². The lowest BCUT2D eigenvalue weighted by Crippen LogP contribution is -2.30. The average Bonchev–Trinajstić information content (AvgIpc) is 3.20. The molecule has 0 fully saturated rings. The zero-order chi connectivity index (χ0) is 28.1. The molecule has 38 heavy (non-hydrogen) atoms. The average molecular weight is 528 g/mol. The van der Waals surface area contributed by atoms with Crippen molar-refractivity contribution in [2.75, 3.05) is 13.2 Å². The van der Waals surface area contributed by atoms with Crippen LogP contribution < -0.4 is 4.74 Å². The molecule has 0 radical (unpaired) electrons. The molecular weight excluding hydrogens is 489 g/mol. The summed E-state index contributed by atoms with van der Waals surface area (Å²) in [5, 5.41) is 9.89. The van der Waals surface area contributed by atoms with Gasteiger partial charge in [0.15, 0.2) is 17.7 Å². The van der Waals surface area contributed by atoms with Crippen LogP contribution in [0, 0.1) is 26.6 Å². The first-order chi connectivity index (χ1) is 17.8. The molecule has 0 aliphatic carbocycles. The molecule has 7 nitrogen and oxygen atoms in total. The summed E-state index contributed by atoms with van der Waals surface area (Å²) in [4.78, 5) is 26.9. The van der Waals surface area contributed by atoms with Crippen molar-refractivity contribution in [3.63, 3.8) is 0 Å². The van der Waals surface area contributed by atoms with Crippen molar-refractivity contribution in [3.05, 3.63) is 50.8 Å². The van der Waals surface area contributed by atoms with Crippen LogP contribution in [0.2, 0.25) is 0 Å². The fourth-order valence-electron chi connectivity index (χ4n) is 5.97. The number of halogens is 1. The van der Waals surface area contributed by atoms with E-state index in [1.54, 1.807) is 6.92 Å². The van der Waals surface area contributed by atoms with Crippen molar-refractivity contribution < 1.29 is 33.3 Å². The van der Waals surface area contributed by atoms with Gasteiger partial charge in [0, 0.05) is 11.1 Å². The van der Waals surface area contributed by atoms with E-state index in [0.29, 0.717) is 29.7 Å². The van der Waals surface area contributed by atoms with Crippen LogP contribution in [0.1, 0.15) is 92.1 Å². The molecule has 206 valence electrons. The van der Waals surface area contributed by atoms with Crippen LogP contribution in [0.4, 0.5) is 9.18 Å². The summed E-state index contributed by atoms with van der Waals surface area (Å²) in [7, 11) is 0. The number of hydrogen-bond donors (Lipinski definition) is 1. The van der Waals surface area contributed by atoms with E-state index in [2.05, 4.69) is 0 Å². The first-order valence-electron chi connectivity index (χ1n) is 13.2. The third kappa shape index (κ3) is 4.75. The maximum absolute atomic E-state index is 15.5. The van der Waals surface area contributed by atoms with Crippen LogP contribution in [0.5, 0.6) is 5.75 Å². The van der Waals surface area contributed by atoms with E-state index in [4.69, 9.17) is 14.2 Å². The summed E-state index contributed by atoms with van der Waals surface area (Å²) in [6.45, 7) is 15.8. The third-order valence-electron chi connectivity index (χ3n) is 7.63. The number of ether oxygens (including phenoxy) is 3. The zero-order valence-electron chi connectivity index (χ0n) is 23.6. The van der Waals surface area contributed by atoms with Gasteiger partial charge in [0.2, 0.25) is 0 Å². The summed E-state index contributed by atoms with van der Waals surface area (Å²) < 4.78 is 33.0. The Labute approximate surface area is 223 Å². The largest absolute Gasteiger partial charge is 0.490 e. The Morgan fingerprint density at radius 3 is 2.47 bits per heavy atom. The predicted octanol–water partition coefficient (Wildman–Crippen LogP) is 6.72. The molecule has 0 saturated carbocycles. The maximum Gasteiger partial charge on any atom is 0.408 e. The predicted molar refractivity (Wildman–Crippen MR) is 142 cm³/mol. The number of hydrogen-bond acceptors (Lipinski definition) is 5. The lowest BCUT2D eigenvalue weighted by Gasteiger charge is -2.32. The van der Waals surface area contributed by atoms with Crippen LogP contribution in [-0.2, 0) is 27.2 Å². The summed E-state index contributed by atoms with van der Waals surface area (Å²) in [5.74, 6) is -0.701. The van der Waals surface area contributed by atoms with Crippen molar-refractivity contribution >= 4 is 12.1 Å². The Morgan fingerprint density at radius 1 is 1.18 bits per heavy atom. The molecule has 4 rings (SSSR count). The summed E-state index contributed by atoms with van der Waals surface area (Å²) in [6.07, 6.45) is -0.628. The van der Waals surface area contributed by atoms with Crippen molar-refractivity contribution in [1.29, 1.82) is 0 Å². The molecule has 0 spiro atoms. The second-order valence-corrected chi connectivity index (χ2v) is 11.2. The van der Waals surface area contributed by atoms with E-state index in [1.807, 2.05) is 48.5 Å². The van der Waals surface area contributed by atoms with Crippen molar-refractivity contribution in [2.45, 2.75) is 92.5 Å². The molecule has 0 bridgehead atoms. The van der Waals surface area contributed by atoms with Gasteiger partial charge in [-0.2, -0.15) is 0 Å². The van der Waals surface area contributed by atoms with E-state index >= 15 is 4.39 Å². The fourth-order valence-corrected chi connectivity index (χ4v) is 5.97. The normalized spacial score (nSPS) is 17.5. The Balaban J connectivity index is 2.10. The van der Waals surface area contributed by atoms with E-state index in [1.165, 1.54) is 11.0 Å². The first-order valence-corrected chi connectivity index (χ1v) is 13.2. The van der Waals surface area contributed by atoms with Gasteiger partial charge in [0.25, 0.3) is 0 Å². The minimum absolute atomic E-state index is 0.175. The van der Waals surface area contributed by atoms with Gasteiger partial charge in [-0.05, 0) is 113 Å². The van der Waals surface area contributed by atoms with Gasteiger partial charge in [-0.1, -0.05) is 0 Å². The Kier molecular flexibility index (Phi) is 7.49. The van der Waals surface area contributed by atoms with E-state index in [9.17, 15) is 14.7 Å². The van der Waals surface area contributed by atoms with E-state index < -0.39 is 35.6 Å². The molecule has 8 heteroatoms. The zero-order valence-corrected chi connectivity index (χ0v) is 23.6. The SMILES string of the molecule is CCOC(=O)C(OC(C)(C)C)c1c(C)c2c(c(C)c1-c1cc(F)c3c(c1C)CCCO3)C(C)N(C(=O)O)C2. The lowest BCUT2D eigenvalue weighted by molar-refractivity contribution is -0.166. The highest BCUT2D eigenvalue weighted by atomic mass is 19.1. The molecule has 2 aromatic carbocycles. The number of carbonyl (C=O) groups excluding carboxylic acids is 1. The van der Waals surface area contributed by atoms with Gasteiger partial charge in [-0.15, -0.1) is 0 Å². The monoisotopic (exact) mass is 527 g/mol. The molecule has 2 aromatic rings. The van der Waals surface area contributed by atoms with Crippen molar-refractivity contribution in [2.24, 2.45) is 0 Å². The number of benzene rings is 2. The number of rotatable bonds is 5. The maximum atomic E-state index is 15.5. The number of nitrogens with zero attached hydrogens (tertiary/aromatic N) is 1. The molecule has 2 atom stereocenters. The first kappa shape index (κ1) is 27.9. The lowest BCUT2D eigenvalue weighted by atomic mass is 9.80. The fraction of sp³-hybridized carbons (Fsp3) is 0.533. The second kappa shape index (κ2) is 10.2. The Bertz CT molecular complexity index is 1300. The second-order valence-electron chi connectivity index (χ2n) is 11.2.